The van der Waals surface area contributed by atoms with Crippen molar-refractivity contribution in [1.29, 1.82) is 0 Å². The van der Waals surface area contributed by atoms with Crippen LogP contribution in [0.15, 0.2) is 55.0 Å². The number of ether oxygens (including phenoxy) is 1. The molecule has 2 aliphatic heterocycles. The van der Waals surface area contributed by atoms with Crippen molar-refractivity contribution in [3.63, 3.8) is 0 Å². The van der Waals surface area contributed by atoms with Crippen molar-refractivity contribution in [2.45, 2.75) is 25.2 Å². The van der Waals surface area contributed by atoms with Gasteiger partial charge in [-0.3, -0.25) is 4.98 Å². The normalized spacial score (nSPS) is 23.5. The molecule has 1 aliphatic carbocycles. The van der Waals surface area contributed by atoms with Gasteiger partial charge in [0.15, 0.2) is 0 Å². The number of aromatic nitrogens is 2. The van der Waals surface area contributed by atoms with E-state index in [2.05, 4.69) is 69.8 Å². The topological polar surface area (TPSA) is 51.1 Å². The van der Waals surface area contributed by atoms with Gasteiger partial charge >= 0.3 is 0 Å². The second kappa shape index (κ2) is 5.93. The predicted molar refractivity (Wildman–Crippen MR) is 112 cm³/mol. The highest BCUT2D eigenvalue weighted by atomic mass is 16.5. The zero-order chi connectivity index (χ0) is 18.7. The van der Waals surface area contributed by atoms with Gasteiger partial charge in [-0.15, -0.1) is 0 Å². The first-order valence-electron chi connectivity index (χ1n) is 10.0. The zero-order valence-corrected chi connectivity index (χ0v) is 16.0. The molecule has 0 amide bonds. The van der Waals surface area contributed by atoms with E-state index in [1.54, 1.807) is 0 Å². The predicted octanol–water partition coefficient (Wildman–Crippen LogP) is 3.32. The molecule has 1 atom stereocenters. The molecule has 3 aromatic rings. The van der Waals surface area contributed by atoms with Crippen molar-refractivity contribution in [1.82, 2.24) is 20.2 Å². The van der Waals surface area contributed by atoms with E-state index in [-0.39, 0.29) is 6.23 Å². The Hall–Kier alpha value is -2.63. The fourth-order valence-corrected chi connectivity index (χ4v) is 4.94. The smallest absolute Gasteiger partial charge is 0.147 e. The first-order chi connectivity index (χ1) is 13.7. The molecule has 1 unspecified atom stereocenters. The van der Waals surface area contributed by atoms with E-state index in [4.69, 9.17) is 4.74 Å². The average molecular weight is 372 g/mol. The van der Waals surface area contributed by atoms with Gasteiger partial charge in [-0.2, -0.15) is 0 Å². The lowest BCUT2D eigenvalue weighted by molar-refractivity contribution is -0.124. The molecule has 4 heterocycles. The summed E-state index contributed by atoms with van der Waals surface area (Å²) in [7, 11) is 2.12. The minimum absolute atomic E-state index is 0.0217. The highest BCUT2D eigenvalue weighted by Crippen LogP contribution is 2.46. The molecule has 2 aromatic heterocycles. The standard InChI is InChI=1S/C23H24N4O/c1-27-20-6-7-24-12-19(20)18-4-2-15(8-21(18)27)16-3-5-22(26-11-16)28-17-9-23(10-17)13-25-14-23/h2-8,11-12,17,22,25-26H,9-10,13-14H2,1H3. The maximum Gasteiger partial charge on any atom is 0.147 e. The number of aryl methyl sites for hydroxylation is 1. The van der Waals surface area contributed by atoms with Crippen LogP contribution in [-0.4, -0.2) is 35.0 Å². The molecule has 0 radical (unpaired) electrons. The number of allylic oxidation sites excluding steroid dienone is 2. The Morgan fingerprint density at radius 1 is 1.14 bits per heavy atom. The molecule has 5 heteroatoms. The monoisotopic (exact) mass is 372 g/mol. The third-order valence-electron chi connectivity index (χ3n) is 6.66. The van der Waals surface area contributed by atoms with Gasteiger partial charge in [0.05, 0.1) is 11.6 Å². The van der Waals surface area contributed by atoms with Crippen molar-refractivity contribution in [3.05, 3.63) is 60.6 Å². The fourth-order valence-electron chi connectivity index (χ4n) is 4.94. The van der Waals surface area contributed by atoms with Gasteiger partial charge in [0.1, 0.15) is 6.23 Å². The van der Waals surface area contributed by atoms with Crippen LogP contribution in [0.25, 0.3) is 27.4 Å². The van der Waals surface area contributed by atoms with Crippen LogP contribution in [0.2, 0.25) is 0 Å². The molecule has 2 N–H and O–H groups in total. The molecule has 0 bridgehead atoms. The Labute approximate surface area is 164 Å². The Balaban J connectivity index is 1.21. The van der Waals surface area contributed by atoms with E-state index in [0.717, 1.165) is 13.1 Å². The maximum atomic E-state index is 6.19. The molecule has 1 aromatic carbocycles. The summed E-state index contributed by atoms with van der Waals surface area (Å²) < 4.78 is 8.43. The molecular weight excluding hydrogens is 348 g/mol. The summed E-state index contributed by atoms with van der Waals surface area (Å²) in [5.74, 6) is 0. The van der Waals surface area contributed by atoms with Gasteiger partial charge in [0.2, 0.25) is 0 Å². The summed E-state index contributed by atoms with van der Waals surface area (Å²) in [5.41, 5.74) is 5.37. The second-order valence-electron chi connectivity index (χ2n) is 8.50. The molecule has 2 fully saturated rings. The van der Waals surface area contributed by atoms with Crippen LogP contribution >= 0.6 is 0 Å². The Morgan fingerprint density at radius 3 is 2.79 bits per heavy atom. The number of hydrogen-bond donors (Lipinski definition) is 2. The molecule has 6 rings (SSSR count). The number of fused-ring (bicyclic) bond motifs is 3. The Morgan fingerprint density at radius 2 is 2.04 bits per heavy atom. The van der Waals surface area contributed by atoms with E-state index in [0.29, 0.717) is 11.5 Å². The number of pyridine rings is 1. The SMILES string of the molecule is Cn1c2ccncc2c2ccc(C3=CNC(OC4CC5(CNC5)C4)C=C3)cc21. The number of nitrogens with one attached hydrogen (secondary N) is 2. The highest BCUT2D eigenvalue weighted by Gasteiger charge is 2.49. The Kier molecular flexibility index (Phi) is 3.46. The molecule has 142 valence electrons. The fraction of sp³-hybridized carbons (Fsp3) is 0.348. The van der Waals surface area contributed by atoms with Crippen LogP contribution in [0.5, 0.6) is 0 Å². The summed E-state index contributed by atoms with van der Waals surface area (Å²) in [6.07, 6.45) is 12.9. The third kappa shape index (κ3) is 2.43. The van der Waals surface area contributed by atoms with Crippen molar-refractivity contribution in [2.75, 3.05) is 13.1 Å². The molecule has 5 nitrogen and oxygen atoms in total. The lowest BCUT2D eigenvalue weighted by Crippen LogP contribution is -2.62. The summed E-state index contributed by atoms with van der Waals surface area (Å²) in [4.78, 5) is 4.29. The molecule has 28 heavy (non-hydrogen) atoms. The maximum absolute atomic E-state index is 6.19. The number of benzene rings is 1. The lowest BCUT2D eigenvalue weighted by Gasteiger charge is -2.54. The van der Waals surface area contributed by atoms with Gasteiger partial charge in [-0.05, 0) is 42.2 Å². The summed E-state index contributed by atoms with van der Waals surface area (Å²) >= 11 is 0. The van der Waals surface area contributed by atoms with Gasteiger partial charge in [0.25, 0.3) is 0 Å². The van der Waals surface area contributed by atoms with Crippen LogP contribution < -0.4 is 10.6 Å². The molecule has 1 saturated carbocycles. The molecule has 3 aliphatic rings. The van der Waals surface area contributed by atoms with Crippen LogP contribution in [0.3, 0.4) is 0 Å². The minimum atomic E-state index is -0.0217. The van der Waals surface area contributed by atoms with Gasteiger partial charge < -0.3 is 19.9 Å². The van der Waals surface area contributed by atoms with Gasteiger partial charge in [0, 0.05) is 60.4 Å². The van der Waals surface area contributed by atoms with Gasteiger partial charge in [-0.25, -0.2) is 0 Å². The van der Waals surface area contributed by atoms with Crippen molar-refractivity contribution < 1.29 is 4.74 Å². The number of hydrogen-bond acceptors (Lipinski definition) is 4. The van der Waals surface area contributed by atoms with E-state index < -0.39 is 0 Å². The zero-order valence-electron chi connectivity index (χ0n) is 16.0. The largest absolute Gasteiger partial charge is 0.362 e. The summed E-state index contributed by atoms with van der Waals surface area (Å²) in [5, 5.41) is 9.24. The van der Waals surface area contributed by atoms with Crippen molar-refractivity contribution >= 4 is 27.4 Å². The Bertz CT molecular complexity index is 1130. The summed E-state index contributed by atoms with van der Waals surface area (Å²) in [6, 6.07) is 8.72. The third-order valence-corrected chi connectivity index (χ3v) is 6.66. The van der Waals surface area contributed by atoms with Crippen molar-refractivity contribution in [3.8, 4) is 0 Å². The lowest BCUT2D eigenvalue weighted by atomic mass is 9.63. The van der Waals surface area contributed by atoms with Crippen LogP contribution in [0.4, 0.5) is 0 Å². The van der Waals surface area contributed by atoms with Crippen LogP contribution in [0, 0.1) is 5.41 Å². The van der Waals surface area contributed by atoms with Crippen molar-refractivity contribution in [2.24, 2.45) is 12.5 Å². The highest BCUT2D eigenvalue weighted by molar-refractivity contribution is 6.08. The quantitative estimate of drug-likeness (QED) is 0.741. The average Bonchev–Trinajstić information content (AvgIpc) is 2.96. The van der Waals surface area contributed by atoms with E-state index >= 15 is 0 Å². The molecule has 1 saturated heterocycles. The second-order valence-corrected chi connectivity index (χ2v) is 8.50. The van der Waals surface area contributed by atoms with E-state index in [9.17, 15) is 0 Å². The summed E-state index contributed by atoms with van der Waals surface area (Å²) in [6.45, 7) is 2.33. The number of nitrogens with zero attached hydrogens (tertiary/aromatic N) is 2. The van der Waals surface area contributed by atoms with Crippen LogP contribution in [0.1, 0.15) is 18.4 Å². The first kappa shape index (κ1) is 16.3. The molecular formula is C23H24N4O. The van der Waals surface area contributed by atoms with E-state index in [1.807, 2.05) is 12.4 Å². The first-order valence-corrected chi connectivity index (χ1v) is 10.0. The van der Waals surface area contributed by atoms with Crippen LogP contribution in [-0.2, 0) is 11.8 Å². The van der Waals surface area contributed by atoms with E-state index in [1.165, 1.54) is 45.8 Å². The number of dihydropyridines is 1. The van der Waals surface area contributed by atoms with Gasteiger partial charge in [-0.1, -0.05) is 18.2 Å². The number of rotatable bonds is 3. The minimum Gasteiger partial charge on any atom is -0.362 e. The molecule has 1 spiro atoms.